The van der Waals surface area contributed by atoms with E-state index in [1.54, 1.807) is 48.5 Å². The van der Waals surface area contributed by atoms with Gasteiger partial charge in [-0.1, -0.05) is 72.3 Å². The molecule has 2 saturated heterocycles. The summed E-state index contributed by atoms with van der Waals surface area (Å²) in [5.41, 5.74) is 2.90. The van der Waals surface area contributed by atoms with Crippen LogP contribution in [-0.2, 0) is 9.59 Å². The van der Waals surface area contributed by atoms with E-state index in [-0.39, 0.29) is 17.6 Å². The molecule has 0 spiro atoms. The van der Waals surface area contributed by atoms with Crippen molar-refractivity contribution in [3.63, 3.8) is 0 Å². The van der Waals surface area contributed by atoms with Crippen LogP contribution in [0.3, 0.4) is 0 Å². The Kier molecular flexibility index (Phi) is 4.49. The highest BCUT2D eigenvalue weighted by molar-refractivity contribution is 6.31. The number of carbonyl (C=O) groups is 3. The molecule has 33 heavy (non-hydrogen) atoms. The zero-order chi connectivity index (χ0) is 22.7. The minimum absolute atomic E-state index is 0.161. The molecule has 6 heteroatoms. The number of hydrogen-bond donors (Lipinski definition) is 0. The van der Waals surface area contributed by atoms with Crippen LogP contribution in [0.4, 0.5) is 5.69 Å². The van der Waals surface area contributed by atoms with Crippen molar-refractivity contribution in [2.75, 3.05) is 4.90 Å². The largest absolute Gasteiger partial charge is 0.358 e. The summed E-state index contributed by atoms with van der Waals surface area (Å²) >= 11 is 6.16. The molecular formula is C27H19ClN2O3. The number of nitrogens with zero attached hydrogens (tertiary/aromatic N) is 2. The molecule has 0 N–H and O–H groups in total. The van der Waals surface area contributed by atoms with Gasteiger partial charge in [0.15, 0.2) is 5.78 Å². The molecule has 3 aromatic carbocycles. The third-order valence-electron chi connectivity index (χ3n) is 6.85. The molecule has 5 nitrogen and oxygen atoms in total. The average Bonchev–Trinajstić information content (AvgIpc) is 3.32. The van der Waals surface area contributed by atoms with Gasteiger partial charge in [0.1, 0.15) is 6.04 Å². The first-order chi connectivity index (χ1) is 16.1. The van der Waals surface area contributed by atoms with Crippen LogP contribution in [-0.4, -0.2) is 28.5 Å². The second-order valence-corrected chi connectivity index (χ2v) is 8.99. The van der Waals surface area contributed by atoms with E-state index in [1.165, 1.54) is 4.90 Å². The van der Waals surface area contributed by atoms with Crippen LogP contribution in [0.5, 0.6) is 0 Å². The first kappa shape index (κ1) is 19.9. The maximum Gasteiger partial charge on any atom is 0.240 e. The van der Waals surface area contributed by atoms with Gasteiger partial charge >= 0.3 is 0 Å². The van der Waals surface area contributed by atoms with Crippen LogP contribution in [0.15, 0.2) is 85.1 Å². The van der Waals surface area contributed by atoms with E-state index in [4.69, 9.17) is 11.6 Å². The molecule has 0 saturated carbocycles. The van der Waals surface area contributed by atoms with Crippen molar-refractivity contribution in [2.24, 2.45) is 11.8 Å². The summed E-state index contributed by atoms with van der Waals surface area (Å²) in [6, 6.07) is 22.3. The maximum absolute atomic E-state index is 13.8. The van der Waals surface area contributed by atoms with Crippen molar-refractivity contribution in [2.45, 2.75) is 12.1 Å². The van der Waals surface area contributed by atoms with Crippen molar-refractivity contribution >= 4 is 41.0 Å². The number of rotatable bonds is 3. The molecule has 0 bridgehead atoms. The van der Waals surface area contributed by atoms with Gasteiger partial charge in [-0.2, -0.15) is 0 Å². The summed E-state index contributed by atoms with van der Waals surface area (Å²) < 4.78 is 0. The monoisotopic (exact) mass is 454 g/mol. The van der Waals surface area contributed by atoms with Gasteiger partial charge in [0.05, 0.1) is 23.6 Å². The zero-order valence-corrected chi connectivity index (χ0v) is 18.2. The number of imide groups is 1. The van der Waals surface area contributed by atoms with Crippen molar-refractivity contribution in [1.29, 1.82) is 0 Å². The lowest BCUT2D eigenvalue weighted by Crippen LogP contribution is -2.44. The van der Waals surface area contributed by atoms with Gasteiger partial charge < -0.3 is 4.90 Å². The number of hydrogen-bond acceptors (Lipinski definition) is 4. The lowest BCUT2D eigenvalue weighted by Gasteiger charge is -2.35. The predicted molar refractivity (Wildman–Crippen MR) is 126 cm³/mol. The second kappa shape index (κ2) is 7.42. The quantitative estimate of drug-likeness (QED) is 0.424. The van der Waals surface area contributed by atoms with E-state index >= 15 is 0 Å². The predicted octanol–water partition coefficient (Wildman–Crippen LogP) is 4.74. The van der Waals surface area contributed by atoms with Crippen molar-refractivity contribution in [3.05, 3.63) is 107 Å². The number of ketones is 1. The first-order valence-electron chi connectivity index (χ1n) is 10.8. The van der Waals surface area contributed by atoms with Gasteiger partial charge in [0, 0.05) is 16.8 Å². The molecular weight excluding hydrogens is 436 g/mol. The number of anilines is 1. The van der Waals surface area contributed by atoms with E-state index in [2.05, 4.69) is 0 Å². The van der Waals surface area contributed by atoms with Crippen molar-refractivity contribution in [1.82, 2.24) is 4.90 Å². The number of Topliss-reactive ketones (excluding diaryl/α,β-unsaturated/α-hetero) is 1. The molecule has 3 aliphatic rings. The summed E-state index contributed by atoms with van der Waals surface area (Å²) in [4.78, 5) is 44.4. The standard InChI is InChI=1S/C27H19ClN2O3/c28-18-10-6-11-19(15-18)30-26(32)21-22(27(30)33)24(25(31)17-8-2-1-3-9-17)29-14-13-16-7-4-5-12-20(16)23(21)29/h1-15,21-24H/t21-,22+,23+,24-/m0/s1. The van der Waals surface area contributed by atoms with Gasteiger partial charge in [-0.3, -0.25) is 14.4 Å². The summed E-state index contributed by atoms with van der Waals surface area (Å²) in [5, 5.41) is 0.439. The Morgan fingerprint density at radius 3 is 2.33 bits per heavy atom. The number of carbonyl (C=O) groups excluding carboxylic acids is 3. The molecule has 0 radical (unpaired) electrons. The van der Waals surface area contributed by atoms with Crippen molar-refractivity contribution in [3.8, 4) is 0 Å². The lowest BCUT2D eigenvalue weighted by atomic mass is 9.83. The molecule has 3 aliphatic heterocycles. The Labute approximate surface area is 195 Å². The molecule has 2 amide bonds. The normalized spacial score (nSPS) is 25.1. The van der Waals surface area contributed by atoms with E-state index in [0.29, 0.717) is 16.3 Å². The Hall–Kier alpha value is -3.70. The topological polar surface area (TPSA) is 57.7 Å². The highest BCUT2D eigenvalue weighted by atomic mass is 35.5. The van der Waals surface area contributed by atoms with E-state index < -0.39 is 23.9 Å². The van der Waals surface area contributed by atoms with Gasteiger partial charge in [-0.05, 0) is 35.4 Å². The Bertz CT molecular complexity index is 1340. The summed E-state index contributed by atoms with van der Waals surface area (Å²) in [5.74, 6) is -2.27. The molecule has 2 fully saturated rings. The van der Waals surface area contributed by atoms with Crippen LogP contribution >= 0.6 is 11.6 Å². The Morgan fingerprint density at radius 1 is 0.818 bits per heavy atom. The summed E-state index contributed by atoms with van der Waals surface area (Å²) in [6.45, 7) is 0. The van der Waals surface area contributed by atoms with Gasteiger partial charge in [0.2, 0.25) is 11.8 Å². The highest BCUT2D eigenvalue weighted by Crippen LogP contribution is 2.53. The van der Waals surface area contributed by atoms with E-state index in [0.717, 1.165) is 11.1 Å². The Morgan fingerprint density at radius 2 is 1.55 bits per heavy atom. The molecule has 0 unspecified atom stereocenters. The van der Waals surface area contributed by atoms with Crippen LogP contribution in [0, 0.1) is 11.8 Å². The minimum atomic E-state index is -0.787. The Balaban J connectivity index is 1.51. The molecule has 4 atom stereocenters. The fourth-order valence-electron chi connectivity index (χ4n) is 5.50. The third kappa shape index (κ3) is 2.89. The molecule has 162 valence electrons. The van der Waals surface area contributed by atoms with Gasteiger partial charge in [-0.15, -0.1) is 0 Å². The van der Waals surface area contributed by atoms with E-state index in [9.17, 15) is 14.4 Å². The van der Waals surface area contributed by atoms with Gasteiger partial charge in [-0.25, -0.2) is 4.90 Å². The zero-order valence-electron chi connectivity index (χ0n) is 17.5. The molecule has 3 heterocycles. The highest BCUT2D eigenvalue weighted by Gasteiger charge is 2.64. The molecule has 3 aromatic rings. The van der Waals surface area contributed by atoms with E-state index in [1.807, 2.05) is 47.5 Å². The molecule has 0 aromatic heterocycles. The fraction of sp³-hybridized carbons (Fsp3) is 0.148. The number of benzene rings is 3. The average molecular weight is 455 g/mol. The second-order valence-electron chi connectivity index (χ2n) is 8.56. The van der Waals surface area contributed by atoms with Crippen LogP contribution in [0.25, 0.3) is 6.08 Å². The maximum atomic E-state index is 13.8. The first-order valence-corrected chi connectivity index (χ1v) is 11.2. The minimum Gasteiger partial charge on any atom is -0.358 e. The summed E-state index contributed by atoms with van der Waals surface area (Å²) in [7, 11) is 0. The summed E-state index contributed by atoms with van der Waals surface area (Å²) in [6.07, 6.45) is 3.81. The van der Waals surface area contributed by atoms with Crippen LogP contribution in [0.2, 0.25) is 5.02 Å². The smallest absolute Gasteiger partial charge is 0.240 e. The fourth-order valence-corrected chi connectivity index (χ4v) is 5.68. The molecule has 0 aliphatic carbocycles. The molecule has 6 rings (SSSR count). The lowest BCUT2D eigenvalue weighted by molar-refractivity contribution is -0.123. The number of halogens is 1. The third-order valence-corrected chi connectivity index (χ3v) is 7.09. The van der Waals surface area contributed by atoms with Crippen LogP contribution < -0.4 is 4.90 Å². The number of amides is 2. The SMILES string of the molecule is O=C(c1ccccc1)[C@@H]1[C@@H]2C(=O)N(c3cccc(Cl)c3)C(=O)[C@@H]2[C@H]2c3ccccc3C=CN12. The number of fused-ring (bicyclic) bond motifs is 5. The van der Waals surface area contributed by atoms with Crippen molar-refractivity contribution < 1.29 is 14.4 Å². The van der Waals surface area contributed by atoms with Crippen LogP contribution in [0.1, 0.15) is 27.5 Å². The van der Waals surface area contributed by atoms with Gasteiger partial charge in [0.25, 0.3) is 0 Å².